The van der Waals surface area contributed by atoms with E-state index in [1.165, 1.54) is 25.7 Å². The number of hydrogen-bond donors (Lipinski definition) is 0. The van der Waals surface area contributed by atoms with Crippen molar-refractivity contribution >= 4 is 0 Å². The second kappa shape index (κ2) is 10.3. The molecule has 0 aliphatic carbocycles. The minimum absolute atomic E-state index is 0.527. The van der Waals surface area contributed by atoms with Crippen LogP contribution in [0.25, 0.3) is 0 Å². The smallest absolute Gasteiger partial charge is 0.120 e. The van der Waals surface area contributed by atoms with Gasteiger partial charge in [0.15, 0.2) is 0 Å². The first kappa shape index (κ1) is 16.5. The van der Waals surface area contributed by atoms with Crippen LogP contribution in [0.5, 0.6) is 5.75 Å². The predicted molar refractivity (Wildman–Crippen MR) is 80.8 cm³/mol. The molecule has 0 spiro atoms. The molecule has 0 aliphatic rings. The molecule has 0 aromatic heterocycles. The zero-order valence-corrected chi connectivity index (χ0v) is 12.6. The molecule has 1 aromatic rings. The van der Waals surface area contributed by atoms with Gasteiger partial charge in [0.2, 0.25) is 0 Å². The molecule has 0 amide bonds. The Hall–Kier alpha value is -1.53. The highest BCUT2D eigenvalue weighted by atomic mass is 16.5. The van der Waals surface area contributed by atoms with Gasteiger partial charge in [-0.1, -0.05) is 39.2 Å². The molecule has 1 aromatic carbocycles. The van der Waals surface area contributed by atoms with E-state index >= 15 is 0 Å². The van der Waals surface area contributed by atoms with Crippen molar-refractivity contribution < 1.29 is 9.47 Å². The average Bonchev–Trinajstić information content (AvgIpc) is 2.50. The number of nitriles is 1. The fraction of sp³-hybridized carbons (Fsp3) is 0.588. The van der Waals surface area contributed by atoms with E-state index in [-0.39, 0.29) is 0 Å². The molecule has 0 saturated carbocycles. The van der Waals surface area contributed by atoms with Gasteiger partial charge >= 0.3 is 0 Å². The van der Waals surface area contributed by atoms with Crippen LogP contribution in [-0.2, 0) is 4.74 Å². The standard InChI is InChI=1S/C17H25NO2/c1-3-5-7-15(4-2)14-19-10-11-20-17-9-6-8-16(12-17)13-18/h6,8-9,12,15H,3-5,7,10-11,14H2,1-2H3. The van der Waals surface area contributed by atoms with Crippen LogP contribution < -0.4 is 4.74 Å². The summed E-state index contributed by atoms with van der Waals surface area (Å²) in [5.41, 5.74) is 0.619. The predicted octanol–water partition coefficient (Wildman–Crippen LogP) is 4.17. The number of rotatable bonds is 10. The number of ether oxygens (including phenoxy) is 2. The number of hydrogen-bond acceptors (Lipinski definition) is 3. The summed E-state index contributed by atoms with van der Waals surface area (Å²) in [5.74, 6) is 1.39. The summed E-state index contributed by atoms with van der Waals surface area (Å²) in [6, 6.07) is 9.30. The van der Waals surface area contributed by atoms with Gasteiger partial charge < -0.3 is 9.47 Å². The minimum atomic E-state index is 0.527. The van der Waals surface area contributed by atoms with Crippen molar-refractivity contribution in [3.05, 3.63) is 29.8 Å². The van der Waals surface area contributed by atoms with Crippen molar-refractivity contribution in [3.8, 4) is 11.8 Å². The average molecular weight is 275 g/mol. The van der Waals surface area contributed by atoms with Gasteiger partial charge in [-0.15, -0.1) is 0 Å². The molecule has 110 valence electrons. The van der Waals surface area contributed by atoms with Crippen LogP contribution in [-0.4, -0.2) is 19.8 Å². The maximum Gasteiger partial charge on any atom is 0.120 e. The highest BCUT2D eigenvalue weighted by Gasteiger charge is 2.05. The molecular formula is C17H25NO2. The molecular weight excluding hydrogens is 250 g/mol. The van der Waals surface area contributed by atoms with Crippen LogP contribution in [0.4, 0.5) is 0 Å². The van der Waals surface area contributed by atoms with E-state index in [4.69, 9.17) is 14.7 Å². The molecule has 20 heavy (non-hydrogen) atoms. The second-order valence-electron chi connectivity index (χ2n) is 4.98. The summed E-state index contributed by atoms with van der Waals surface area (Å²) >= 11 is 0. The van der Waals surface area contributed by atoms with Crippen molar-refractivity contribution in [3.63, 3.8) is 0 Å². The molecule has 3 heteroatoms. The largest absolute Gasteiger partial charge is 0.491 e. The van der Waals surface area contributed by atoms with E-state index in [1.807, 2.05) is 12.1 Å². The SMILES string of the molecule is CCCCC(CC)COCCOc1cccc(C#N)c1. The Labute approximate surface area is 122 Å². The summed E-state index contributed by atoms with van der Waals surface area (Å²) in [7, 11) is 0. The van der Waals surface area contributed by atoms with E-state index in [2.05, 4.69) is 19.9 Å². The zero-order valence-electron chi connectivity index (χ0n) is 12.6. The molecule has 0 aliphatic heterocycles. The number of benzene rings is 1. The molecule has 1 rings (SSSR count). The molecule has 0 heterocycles. The second-order valence-corrected chi connectivity index (χ2v) is 4.98. The maximum atomic E-state index is 8.80. The number of nitrogens with zero attached hydrogens (tertiary/aromatic N) is 1. The quantitative estimate of drug-likeness (QED) is 0.602. The fourth-order valence-electron chi connectivity index (χ4n) is 2.02. The Balaban J connectivity index is 2.16. The summed E-state index contributed by atoms with van der Waals surface area (Å²) in [5, 5.41) is 8.80. The van der Waals surface area contributed by atoms with Crippen LogP contribution in [0, 0.1) is 17.2 Å². The van der Waals surface area contributed by atoms with Crippen LogP contribution >= 0.6 is 0 Å². The summed E-state index contributed by atoms with van der Waals surface area (Å²) in [4.78, 5) is 0. The molecule has 0 bridgehead atoms. The maximum absolute atomic E-state index is 8.80. The Kier molecular flexibility index (Phi) is 8.49. The topological polar surface area (TPSA) is 42.2 Å². The van der Waals surface area contributed by atoms with E-state index in [9.17, 15) is 0 Å². The van der Waals surface area contributed by atoms with Gasteiger partial charge in [0.25, 0.3) is 0 Å². The molecule has 3 nitrogen and oxygen atoms in total. The normalized spacial score (nSPS) is 11.8. The highest BCUT2D eigenvalue weighted by Crippen LogP contribution is 2.14. The summed E-state index contributed by atoms with van der Waals surface area (Å²) < 4.78 is 11.2. The van der Waals surface area contributed by atoms with Gasteiger partial charge in [0.1, 0.15) is 12.4 Å². The Morgan fingerprint density at radius 3 is 2.80 bits per heavy atom. The highest BCUT2D eigenvalue weighted by molar-refractivity contribution is 5.36. The first-order chi connectivity index (χ1) is 9.80. The minimum Gasteiger partial charge on any atom is -0.491 e. The molecule has 0 saturated heterocycles. The van der Waals surface area contributed by atoms with Crippen LogP contribution in [0.1, 0.15) is 45.1 Å². The van der Waals surface area contributed by atoms with Crippen molar-refractivity contribution in [1.29, 1.82) is 5.26 Å². The van der Waals surface area contributed by atoms with Crippen molar-refractivity contribution in [2.24, 2.45) is 5.92 Å². The third-order valence-electron chi connectivity index (χ3n) is 3.36. The Bertz CT molecular complexity index is 412. The van der Waals surface area contributed by atoms with Crippen LogP contribution in [0.15, 0.2) is 24.3 Å². The Morgan fingerprint density at radius 1 is 1.25 bits per heavy atom. The van der Waals surface area contributed by atoms with Gasteiger partial charge in [-0.2, -0.15) is 5.26 Å². The van der Waals surface area contributed by atoms with E-state index in [1.54, 1.807) is 12.1 Å². The third kappa shape index (κ3) is 6.58. The van der Waals surface area contributed by atoms with Crippen molar-refractivity contribution in [1.82, 2.24) is 0 Å². The molecule has 1 atom stereocenters. The van der Waals surface area contributed by atoms with Gasteiger partial charge in [-0.25, -0.2) is 0 Å². The van der Waals surface area contributed by atoms with Crippen LogP contribution in [0.2, 0.25) is 0 Å². The van der Waals surface area contributed by atoms with E-state index in [0.717, 1.165) is 12.4 Å². The zero-order chi connectivity index (χ0) is 14.6. The van der Waals surface area contributed by atoms with Crippen molar-refractivity contribution in [2.45, 2.75) is 39.5 Å². The lowest BCUT2D eigenvalue weighted by Crippen LogP contribution is -2.13. The van der Waals surface area contributed by atoms with E-state index < -0.39 is 0 Å². The lowest BCUT2D eigenvalue weighted by atomic mass is 10.0. The van der Waals surface area contributed by atoms with Gasteiger partial charge in [0.05, 0.1) is 18.2 Å². The molecule has 0 radical (unpaired) electrons. The van der Waals surface area contributed by atoms with E-state index in [0.29, 0.717) is 24.7 Å². The first-order valence-electron chi connectivity index (χ1n) is 7.50. The molecule has 0 fully saturated rings. The molecule has 0 N–H and O–H groups in total. The van der Waals surface area contributed by atoms with Gasteiger partial charge in [0, 0.05) is 6.61 Å². The van der Waals surface area contributed by atoms with Gasteiger partial charge in [-0.3, -0.25) is 0 Å². The lowest BCUT2D eigenvalue weighted by molar-refractivity contribution is 0.0699. The van der Waals surface area contributed by atoms with Crippen molar-refractivity contribution in [2.75, 3.05) is 19.8 Å². The lowest BCUT2D eigenvalue weighted by Gasteiger charge is -2.14. The van der Waals surface area contributed by atoms with Gasteiger partial charge in [-0.05, 0) is 30.5 Å². The third-order valence-corrected chi connectivity index (χ3v) is 3.36. The molecule has 1 unspecified atom stereocenters. The first-order valence-corrected chi connectivity index (χ1v) is 7.50. The summed E-state index contributed by atoms with van der Waals surface area (Å²) in [6.07, 6.45) is 4.94. The van der Waals surface area contributed by atoms with Crippen LogP contribution in [0.3, 0.4) is 0 Å². The monoisotopic (exact) mass is 275 g/mol. The summed E-state index contributed by atoms with van der Waals surface area (Å²) in [6.45, 7) is 6.38. The Morgan fingerprint density at radius 2 is 2.10 bits per heavy atom. The fourth-order valence-corrected chi connectivity index (χ4v) is 2.02. The number of unbranched alkanes of at least 4 members (excludes halogenated alkanes) is 1.